The van der Waals surface area contributed by atoms with Crippen molar-refractivity contribution in [3.05, 3.63) is 24.3 Å². The molecule has 0 aromatic carbocycles. The Balaban J connectivity index is 1.74. The van der Waals surface area contributed by atoms with E-state index in [1.165, 1.54) is 5.57 Å². The Morgan fingerprint density at radius 3 is 2.88 bits per heavy atom. The molecule has 1 N–H and O–H groups in total. The zero-order valence-corrected chi connectivity index (χ0v) is 14.6. The van der Waals surface area contributed by atoms with Crippen LogP contribution in [0.2, 0.25) is 0 Å². The predicted octanol–water partition coefficient (Wildman–Crippen LogP) is 3.90. The van der Waals surface area contributed by atoms with Crippen molar-refractivity contribution < 1.29 is 9.90 Å². The first-order chi connectivity index (χ1) is 11.4. The summed E-state index contributed by atoms with van der Waals surface area (Å²) in [5.74, 6) is 5.65. The van der Waals surface area contributed by atoms with Crippen LogP contribution in [0.4, 0.5) is 0 Å². The van der Waals surface area contributed by atoms with Gasteiger partial charge < -0.3 is 5.11 Å². The molecule has 0 aromatic rings. The van der Waals surface area contributed by atoms with Crippen molar-refractivity contribution in [2.45, 2.75) is 57.5 Å². The van der Waals surface area contributed by atoms with Gasteiger partial charge in [-0.1, -0.05) is 24.5 Å². The summed E-state index contributed by atoms with van der Waals surface area (Å²) in [6.07, 6.45) is 16.4. The molecule has 2 heteroatoms. The maximum atomic E-state index is 11.8. The fourth-order valence-electron chi connectivity index (χ4n) is 6.86. The SMILES string of the molecule is C#C[C@]1(O)CCC2C3CCC4=CC(=O)CCC4C3C(C=C)C[C@@]21C. The first-order valence-electron chi connectivity index (χ1n) is 9.49. The maximum absolute atomic E-state index is 11.8. The fourth-order valence-corrected chi connectivity index (χ4v) is 6.86. The zero-order chi connectivity index (χ0) is 17.1. The van der Waals surface area contributed by atoms with E-state index in [4.69, 9.17) is 6.42 Å². The summed E-state index contributed by atoms with van der Waals surface area (Å²) in [6, 6.07) is 0. The van der Waals surface area contributed by atoms with Crippen LogP contribution in [0.5, 0.6) is 0 Å². The summed E-state index contributed by atoms with van der Waals surface area (Å²) in [4.78, 5) is 11.8. The highest BCUT2D eigenvalue weighted by molar-refractivity contribution is 5.91. The van der Waals surface area contributed by atoms with Gasteiger partial charge in [-0.25, -0.2) is 0 Å². The molecule has 0 bridgehead atoms. The van der Waals surface area contributed by atoms with Gasteiger partial charge in [-0.3, -0.25) is 4.79 Å². The van der Waals surface area contributed by atoms with Gasteiger partial charge in [0.15, 0.2) is 5.78 Å². The third kappa shape index (κ3) is 1.97. The van der Waals surface area contributed by atoms with Gasteiger partial charge in [0.25, 0.3) is 0 Å². The highest BCUT2D eigenvalue weighted by Gasteiger charge is 2.63. The standard InChI is InChI=1S/C22H28O2/c1-4-14-13-21(3)19(10-11-22(21,24)5-2)18-8-6-15-12-16(23)7-9-17(15)20(14)18/h2,4,12,14,17-20,24H,1,6-11,13H2,3H3/t14?,17?,18?,19?,20?,21-,22-/m0/s1. The molecule has 128 valence electrons. The lowest BCUT2D eigenvalue weighted by molar-refractivity contribution is -0.118. The summed E-state index contributed by atoms with van der Waals surface area (Å²) < 4.78 is 0. The van der Waals surface area contributed by atoms with Crippen molar-refractivity contribution >= 4 is 5.78 Å². The molecular formula is C22H28O2. The average Bonchev–Trinajstić information content (AvgIpc) is 2.85. The number of hydrogen-bond donors (Lipinski definition) is 1. The van der Waals surface area contributed by atoms with Crippen LogP contribution in [0.15, 0.2) is 24.3 Å². The van der Waals surface area contributed by atoms with Crippen LogP contribution >= 0.6 is 0 Å². The molecule has 5 unspecified atom stereocenters. The summed E-state index contributed by atoms with van der Waals surface area (Å²) in [6.45, 7) is 6.34. The van der Waals surface area contributed by atoms with Crippen LogP contribution in [0.3, 0.4) is 0 Å². The molecule has 4 aliphatic rings. The van der Waals surface area contributed by atoms with Crippen LogP contribution in [-0.2, 0) is 4.79 Å². The van der Waals surface area contributed by atoms with Crippen molar-refractivity contribution in [3.8, 4) is 12.3 Å². The molecule has 0 radical (unpaired) electrons. The van der Waals surface area contributed by atoms with Crippen LogP contribution in [0, 0.1) is 47.3 Å². The first-order valence-corrected chi connectivity index (χ1v) is 9.49. The molecule has 3 saturated carbocycles. The third-order valence-corrected chi connectivity index (χ3v) is 8.04. The van der Waals surface area contributed by atoms with E-state index in [-0.39, 0.29) is 5.41 Å². The number of carbonyl (C=O) groups excluding carboxylic acids is 1. The van der Waals surface area contributed by atoms with E-state index >= 15 is 0 Å². The number of rotatable bonds is 1. The van der Waals surface area contributed by atoms with Crippen LogP contribution in [0.25, 0.3) is 0 Å². The van der Waals surface area contributed by atoms with Crippen LogP contribution < -0.4 is 0 Å². The number of carbonyl (C=O) groups is 1. The molecule has 4 aliphatic carbocycles. The quantitative estimate of drug-likeness (QED) is 0.586. The number of terminal acetylenes is 1. The van der Waals surface area contributed by atoms with Crippen molar-refractivity contribution in [1.29, 1.82) is 0 Å². The molecule has 2 nitrogen and oxygen atoms in total. The van der Waals surface area contributed by atoms with Crippen LogP contribution in [0.1, 0.15) is 51.9 Å². The fraction of sp³-hybridized carbons (Fsp3) is 0.682. The Morgan fingerprint density at radius 2 is 2.17 bits per heavy atom. The number of fused-ring (bicyclic) bond motifs is 5. The molecule has 3 fully saturated rings. The maximum Gasteiger partial charge on any atom is 0.155 e. The third-order valence-electron chi connectivity index (χ3n) is 8.04. The normalized spacial score (nSPS) is 50.1. The van der Waals surface area contributed by atoms with E-state index in [9.17, 15) is 9.90 Å². The minimum absolute atomic E-state index is 0.201. The second-order valence-electron chi connectivity index (χ2n) is 8.78. The first kappa shape index (κ1) is 16.2. The summed E-state index contributed by atoms with van der Waals surface area (Å²) in [5, 5.41) is 11.1. The lowest BCUT2D eigenvalue weighted by Gasteiger charge is -2.57. The van der Waals surface area contributed by atoms with Crippen LogP contribution in [-0.4, -0.2) is 16.5 Å². The largest absolute Gasteiger partial charge is 0.377 e. The highest BCUT2D eigenvalue weighted by atomic mass is 16.3. The lowest BCUT2D eigenvalue weighted by atomic mass is 9.47. The molecular weight excluding hydrogens is 296 g/mol. The molecule has 24 heavy (non-hydrogen) atoms. The number of allylic oxidation sites excluding steroid dienone is 2. The van der Waals surface area contributed by atoms with Crippen molar-refractivity contribution in [2.75, 3.05) is 0 Å². The van der Waals surface area contributed by atoms with Gasteiger partial charge in [0, 0.05) is 11.8 Å². The molecule has 0 heterocycles. The molecule has 7 atom stereocenters. The summed E-state index contributed by atoms with van der Waals surface area (Å²) >= 11 is 0. The Labute approximate surface area is 145 Å². The van der Waals surface area contributed by atoms with Crippen molar-refractivity contribution in [2.24, 2.45) is 35.0 Å². The van der Waals surface area contributed by atoms with E-state index in [0.29, 0.717) is 41.8 Å². The monoisotopic (exact) mass is 324 g/mol. The Morgan fingerprint density at radius 1 is 1.38 bits per heavy atom. The van der Waals surface area contributed by atoms with Gasteiger partial charge in [0.2, 0.25) is 0 Å². The van der Waals surface area contributed by atoms with E-state index < -0.39 is 5.60 Å². The Bertz CT molecular complexity index is 653. The Kier molecular flexibility index (Phi) is 3.59. The highest BCUT2D eigenvalue weighted by Crippen LogP contribution is 2.66. The topological polar surface area (TPSA) is 37.3 Å². The molecule has 0 aromatic heterocycles. The lowest BCUT2D eigenvalue weighted by Crippen LogP contribution is -2.55. The zero-order valence-electron chi connectivity index (χ0n) is 14.6. The number of aliphatic hydroxyl groups is 1. The second-order valence-corrected chi connectivity index (χ2v) is 8.78. The molecule has 4 rings (SSSR count). The molecule has 0 saturated heterocycles. The van der Waals surface area contributed by atoms with Gasteiger partial charge in [0.1, 0.15) is 5.60 Å². The van der Waals surface area contributed by atoms with Gasteiger partial charge >= 0.3 is 0 Å². The molecule has 0 amide bonds. The summed E-state index contributed by atoms with van der Waals surface area (Å²) in [7, 11) is 0. The Hall–Kier alpha value is -1.33. The van der Waals surface area contributed by atoms with E-state index in [2.05, 4.69) is 25.5 Å². The van der Waals surface area contributed by atoms with Gasteiger partial charge in [-0.05, 0) is 74.2 Å². The minimum atomic E-state index is -0.970. The van der Waals surface area contributed by atoms with Gasteiger partial charge in [-0.15, -0.1) is 13.0 Å². The van der Waals surface area contributed by atoms with Gasteiger partial charge in [0.05, 0.1) is 0 Å². The number of hydrogen-bond acceptors (Lipinski definition) is 2. The van der Waals surface area contributed by atoms with E-state index in [1.54, 1.807) is 0 Å². The average molecular weight is 324 g/mol. The number of ketones is 1. The second kappa shape index (κ2) is 5.33. The molecule has 0 aliphatic heterocycles. The minimum Gasteiger partial charge on any atom is -0.377 e. The van der Waals surface area contributed by atoms with Crippen molar-refractivity contribution in [1.82, 2.24) is 0 Å². The van der Waals surface area contributed by atoms with Gasteiger partial charge in [-0.2, -0.15) is 0 Å². The van der Waals surface area contributed by atoms with Crippen molar-refractivity contribution in [3.63, 3.8) is 0 Å². The molecule has 0 spiro atoms. The summed E-state index contributed by atoms with van der Waals surface area (Å²) in [5.41, 5.74) is 0.212. The predicted molar refractivity (Wildman–Crippen MR) is 94.9 cm³/mol. The van der Waals surface area contributed by atoms with E-state index in [0.717, 1.165) is 38.5 Å². The smallest absolute Gasteiger partial charge is 0.155 e. The van der Waals surface area contributed by atoms with E-state index in [1.807, 2.05) is 6.08 Å².